The van der Waals surface area contributed by atoms with Gasteiger partial charge < -0.3 is 14.3 Å². The molecule has 1 N–H and O–H groups in total. The number of hydrogen-bond donors (Lipinski definition) is 1. The molecule has 0 fully saturated rings. The summed E-state index contributed by atoms with van der Waals surface area (Å²) in [5.74, 6) is -1.80. The largest absolute Gasteiger partial charge is 0.503 e. The average Bonchev–Trinajstić information content (AvgIpc) is 3.49. The molecule has 1 aromatic carbocycles. The van der Waals surface area contributed by atoms with E-state index in [4.69, 9.17) is 9.15 Å². The first-order valence-electron chi connectivity index (χ1n) is 10.7. The Labute approximate surface area is 200 Å². The van der Waals surface area contributed by atoms with E-state index < -0.39 is 29.5 Å². The second kappa shape index (κ2) is 8.90. The fourth-order valence-electron chi connectivity index (χ4n) is 3.87. The van der Waals surface area contributed by atoms with Crippen molar-refractivity contribution >= 4 is 34.1 Å². The van der Waals surface area contributed by atoms with Crippen molar-refractivity contribution in [3.8, 4) is 0 Å². The van der Waals surface area contributed by atoms with Crippen LogP contribution in [0, 0.1) is 13.8 Å². The van der Waals surface area contributed by atoms with Crippen LogP contribution in [0.5, 0.6) is 0 Å². The molecular formula is C25H24N2O6S. The lowest BCUT2D eigenvalue weighted by atomic mass is 9.93. The Morgan fingerprint density at radius 1 is 1.15 bits per heavy atom. The minimum Gasteiger partial charge on any atom is -0.503 e. The molecule has 2 aromatic heterocycles. The van der Waals surface area contributed by atoms with E-state index in [9.17, 15) is 19.5 Å². The predicted octanol–water partition coefficient (Wildman–Crippen LogP) is 5.05. The number of carbonyl (C=O) groups excluding carboxylic acids is 3. The molecular weight excluding hydrogens is 456 g/mol. The molecule has 1 amide bonds. The van der Waals surface area contributed by atoms with E-state index in [-0.39, 0.29) is 27.3 Å². The van der Waals surface area contributed by atoms with Crippen LogP contribution < -0.4 is 4.90 Å². The van der Waals surface area contributed by atoms with Gasteiger partial charge in [-0.05, 0) is 43.0 Å². The molecule has 3 heterocycles. The third kappa shape index (κ3) is 3.92. The number of aromatic nitrogens is 1. The first kappa shape index (κ1) is 23.4. The van der Waals surface area contributed by atoms with Gasteiger partial charge in [0.2, 0.25) is 5.78 Å². The number of thiazole rings is 1. The zero-order valence-corrected chi connectivity index (χ0v) is 20.2. The van der Waals surface area contributed by atoms with Crippen molar-refractivity contribution in [1.29, 1.82) is 0 Å². The second-order valence-electron chi connectivity index (χ2n) is 8.30. The molecule has 0 bridgehead atoms. The lowest BCUT2D eigenvalue weighted by Gasteiger charge is -2.24. The van der Waals surface area contributed by atoms with Gasteiger partial charge in [-0.2, -0.15) is 0 Å². The van der Waals surface area contributed by atoms with Gasteiger partial charge in [0.05, 0.1) is 24.4 Å². The van der Waals surface area contributed by atoms with E-state index in [1.807, 2.05) is 24.3 Å². The summed E-state index contributed by atoms with van der Waals surface area (Å²) in [6.45, 7) is 7.45. The van der Waals surface area contributed by atoms with E-state index >= 15 is 0 Å². The molecule has 8 nitrogen and oxygen atoms in total. The van der Waals surface area contributed by atoms with Crippen LogP contribution in [0.15, 0.2) is 52.1 Å². The van der Waals surface area contributed by atoms with Gasteiger partial charge in [-0.15, -0.1) is 0 Å². The molecule has 9 heteroatoms. The molecule has 34 heavy (non-hydrogen) atoms. The highest BCUT2D eigenvalue weighted by Gasteiger charge is 2.46. The monoisotopic (exact) mass is 480 g/mol. The molecule has 0 spiro atoms. The Morgan fingerprint density at radius 2 is 1.82 bits per heavy atom. The number of benzene rings is 1. The lowest BCUT2D eigenvalue weighted by molar-refractivity contribution is -0.117. The SMILES string of the molecule is COC(=O)c1sc(N2C(=O)C(O)=C(C(=O)c3ccc(C)o3)[C@@H]2c2ccc(C(C)C)cc2)nc1C. The number of anilines is 1. The molecule has 176 valence electrons. The van der Waals surface area contributed by atoms with E-state index in [0.29, 0.717) is 17.0 Å². The summed E-state index contributed by atoms with van der Waals surface area (Å²) in [6.07, 6.45) is 0. The minimum absolute atomic E-state index is 0.0167. The van der Waals surface area contributed by atoms with Crippen molar-refractivity contribution in [2.75, 3.05) is 12.0 Å². The average molecular weight is 481 g/mol. The van der Waals surface area contributed by atoms with Crippen LogP contribution in [0.1, 0.15) is 68.6 Å². The number of esters is 1. The van der Waals surface area contributed by atoms with Crippen LogP contribution >= 0.6 is 11.3 Å². The fraction of sp³-hybridized carbons (Fsp3) is 0.280. The van der Waals surface area contributed by atoms with Crippen LogP contribution in [0.2, 0.25) is 0 Å². The molecule has 1 atom stereocenters. The van der Waals surface area contributed by atoms with Gasteiger partial charge in [0, 0.05) is 0 Å². The highest BCUT2D eigenvalue weighted by molar-refractivity contribution is 7.17. The van der Waals surface area contributed by atoms with Gasteiger partial charge in [0.15, 0.2) is 16.7 Å². The van der Waals surface area contributed by atoms with E-state index in [0.717, 1.165) is 16.9 Å². The normalized spacial score (nSPS) is 16.0. The van der Waals surface area contributed by atoms with Crippen LogP contribution in [0.3, 0.4) is 0 Å². The van der Waals surface area contributed by atoms with E-state index in [1.54, 1.807) is 19.9 Å². The van der Waals surface area contributed by atoms with Gasteiger partial charge in [0.25, 0.3) is 5.91 Å². The Bertz CT molecular complexity index is 1320. The van der Waals surface area contributed by atoms with Crippen molar-refractivity contribution in [2.45, 2.75) is 39.7 Å². The van der Waals surface area contributed by atoms with Gasteiger partial charge in [0.1, 0.15) is 10.6 Å². The van der Waals surface area contributed by atoms with Crippen molar-refractivity contribution in [3.63, 3.8) is 0 Å². The first-order valence-corrected chi connectivity index (χ1v) is 11.5. The molecule has 0 radical (unpaired) electrons. The summed E-state index contributed by atoms with van der Waals surface area (Å²) in [5.41, 5.74) is 1.97. The number of rotatable bonds is 6. The highest BCUT2D eigenvalue weighted by atomic mass is 32.1. The van der Waals surface area contributed by atoms with E-state index in [2.05, 4.69) is 18.8 Å². The molecule has 3 aromatic rings. The Balaban J connectivity index is 1.87. The van der Waals surface area contributed by atoms with Gasteiger partial charge in [-0.25, -0.2) is 9.78 Å². The van der Waals surface area contributed by atoms with Crippen LogP contribution in [0.25, 0.3) is 0 Å². The van der Waals surface area contributed by atoms with Crippen molar-refractivity contribution < 1.29 is 28.6 Å². The Hall–Kier alpha value is -3.72. The maximum Gasteiger partial charge on any atom is 0.350 e. The van der Waals surface area contributed by atoms with Crippen LogP contribution in [0.4, 0.5) is 5.13 Å². The Morgan fingerprint density at radius 3 is 2.38 bits per heavy atom. The smallest absolute Gasteiger partial charge is 0.350 e. The number of nitrogens with zero attached hydrogens (tertiary/aromatic N) is 2. The third-order valence-corrected chi connectivity index (χ3v) is 6.83. The molecule has 0 aliphatic carbocycles. The summed E-state index contributed by atoms with van der Waals surface area (Å²) in [6, 6.07) is 9.67. The lowest BCUT2D eigenvalue weighted by Crippen LogP contribution is -2.31. The number of carbonyl (C=O) groups is 3. The minimum atomic E-state index is -0.956. The van der Waals surface area contributed by atoms with Crippen LogP contribution in [-0.2, 0) is 9.53 Å². The maximum atomic E-state index is 13.4. The number of hydrogen-bond acceptors (Lipinski definition) is 8. The number of aliphatic hydroxyl groups excluding tert-OH is 1. The molecule has 0 saturated heterocycles. The second-order valence-corrected chi connectivity index (χ2v) is 9.28. The topological polar surface area (TPSA) is 110 Å². The summed E-state index contributed by atoms with van der Waals surface area (Å²) in [7, 11) is 1.26. The number of amides is 1. The quantitative estimate of drug-likeness (QED) is 0.388. The summed E-state index contributed by atoms with van der Waals surface area (Å²) >= 11 is 0.962. The number of Topliss-reactive ketones (excluding diaryl/α,β-unsaturated/α-hetero) is 1. The number of furan rings is 1. The standard InChI is InChI=1S/C25H24N2O6S/c1-12(2)15-7-9-16(10-8-15)19-18(20(28)17-11-6-13(3)33-17)21(29)23(30)27(19)25-26-14(4)22(34-25)24(31)32-5/h6-12,19,29H,1-5H3/t19-/m0/s1. The zero-order valence-electron chi connectivity index (χ0n) is 19.4. The van der Waals surface area contributed by atoms with Crippen molar-refractivity contribution in [3.05, 3.63) is 80.9 Å². The summed E-state index contributed by atoms with van der Waals surface area (Å²) in [4.78, 5) is 44.7. The van der Waals surface area contributed by atoms with Gasteiger partial charge in [-0.3, -0.25) is 14.5 Å². The predicted molar refractivity (Wildman–Crippen MR) is 126 cm³/mol. The third-order valence-electron chi connectivity index (χ3n) is 5.70. The van der Waals surface area contributed by atoms with Crippen LogP contribution in [-0.4, -0.2) is 34.9 Å². The molecule has 0 saturated carbocycles. The molecule has 1 aliphatic heterocycles. The molecule has 0 unspecified atom stereocenters. The summed E-state index contributed by atoms with van der Waals surface area (Å²) in [5, 5.41) is 11.0. The first-order chi connectivity index (χ1) is 16.1. The van der Waals surface area contributed by atoms with Crippen molar-refractivity contribution in [2.24, 2.45) is 0 Å². The molecule has 1 aliphatic rings. The van der Waals surface area contributed by atoms with Crippen molar-refractivity contribution in [1.82, 2.24) is 4.98 Å². The fourth-order valence-corrected chi connectivity index (χ4v) is 4.88. The highest BCUT2D eigenvalue weighted by Crippen LogP contribution is 2.44. The van der Waals surface area contributed by atoms with E-state index in [1.165, 1.54) is 18.1 Å². The molecule has 4 rings (SSSR count). The van der Waals surface area contributed by atoms with Gasteiger partial charge >= 0.3 is 5.97 Å². The number of aliphatic hydroxyl groups is 1. The number of aryl methyl sites for hydroxylation is 2. The number of methoxy groups -OCH3 is 1. The number of ether oxygens (including phenoxy) is 1. The van der Waals surface area contributed by atoms with Gasteiger partial charge in [-0.1, -0.05) is 49.4 Å². The Kier molecular flexibility index (Phi) is 6.14. The zero-order chi connectivity index (χ0) is 24.7. The maximum absolute atomic E-state index is 13.4. The summed E-state index contributed by atoms with van der Waals surface area (Å²) < 4.78 is 10.3. The number of ketones is 1.